The molecule has 4 heteroatoms. The molecule has 1 amide bonds. The van der Waals surface area contributed by atoms with Gasteiger partial charge < -0.3 is 4.90 Å². The molecule has 0 N–H and O–H groups in total. The van der Waals surface area contributed by atoms with E-state index in [4.69, 9.17) is 11.6 Å². The molecule has 0 aliphatic carbocycles. The minimum atomic E-state index is -0.286. The molecule has 1 aliphatic rings. The maximum absolute atomic E-state index is 12.9. The van der Waals surface area contributed by atoms with Crippen molar-refractivity contribution in [3.8, 4) is 0 Å². The fourth-order valence-corrected chi connectivity index (χ4v) is 3.27. The van der Waals surface area contributed by atoms with E-state index < -0.39 is 0 Å². The Morgan fingerprint density at radius 3 is 2.64 bits per heavy atom. The van der Waals surface area contributed by atoms with Gasteiger partial charge in [-0.15, -0.1) is 0 Å². The second-order valence-corrected chi connectivity index (χ2v) is 5.98. The monoisotopic (exact) mass is 317 g/mol. The van der Waals surface area contributed by atoms with Crippen molar-refractivity contribution < 1.29 is 9.18 Å². The molecule has 0 radical (unpaired) electrons. The Morgan fingerprint density at radius 1 is 1.18 bits per heavy atom. The smallest absolute Gasteiger partial charge is 0.227 e. The van der Waals surface area contributed by atoms with Gasteiger partial charge in [-0.05, 0) is 42.2 Å². The fourth-order valence-electron chi connectivity index (χ4n) is 3.01. The van der Waals surface area contributed by atoms with E-state index in [0.717, 1.165) is 30.5 Å². The van der Waals surface area contributed by atoms with Gasteiger partial charge in [0.1, 0.15) is 5.82 Å². The van der Waals surface area contributed by atoms with Gasteiger partial charge >= 0.3 is 0 Å². The van der Waals surface area contributed by atoms with Crippen LogP contribution in [-0.2, 0) is 11.2 Å². The zero-order valence-electron chi connectivity index (χ0n) is 12.1. The highest BCUT2D eigenvalue weighted by molar-refractivity contribution is 6.31. The predicted molar refractivity (Wildman–Crippen MR) is 85.2 cm³/mol. The summed E-state index contributed by atoms with van der Waals surface area (Å²) in [6.07, 6.45) is 2.20. The normalized spacial score (nSPS) is 17.7. The quantitative estimate of drug-likeness (QED) is 0.822. The molecular weight excluding hydrogens is 301 g/mol. The van der Waals surface area contributed by atoms with Crippen molar-refractivity contribution in [2.45, 2.75) is 25.3 Å². The molecule has 0 saturated carbocycles. The van der Waals surface area contributed by atoms with Gasteiger partial charge in [-0.3, -0.25) is 4.79 Å². The number of hydrogen-bond donors (Lipinski definition) is 0. The van der Waals surface area contributed by atoms with Crippen molar-refractivity contribution in [3.05, 3.63) is 70.5 Å². The zero-order valence-corrected chi connectivity index (χ0v) is 12.9. The van der Waals surface area contributed by atoms with E-state index in [9.17, 15) is 9.18 Å². The molecule has 3 rings (SSSR count). The Morgan fingerprint density at radius 2 is 1.91 bits per heavy atom. The van der Waals surface area contributed by atoms with Crippen LogP contribution in [0.25, 0.3) is 0 Å². The van der Waals surface area contributed by atoms with Gasteiger partial charge in [0.25, 0.3) is 0 Å². The van der Waals surface area contributed by atoms with Crippen molar-refractivity contribution in [2.75, 3.05) is 6.54 Å². The SMILES string of the molecule is O=C(Cc1ccc(F)cc1)N1CCC[C@@H]1c1ccccc1Cl. The summed E-state index contributed by atoms with van der Waals surface area (Å²) >= 11 is 6.27. The molecule has 114 valence electrons. The molecule has 0 spiro atoms. The summed E-state index contributed by atoms with van der Waals surface area (Å²) in [5.74, 6) is -0.222. The number of halogens is 2. The van der Waals surface area contributed by atoms with Gasteiger partial charge in [-0.1, -0.05) is 41.9 Å². The summed E-state index contributed by atoms with van der Waals surface area (Å²) < 4.78 is 12.9. The number of likely N-dealkylation sites (tertiary alicyclic amines) is 1. The molecule has 1 heterocycles. The molecule has 1 fully saturated rings. The highest BCUT2D eigenvalue weighted by atomic mass is 35.5. The van der Waals surface area contributed by atoms with E-state index >= 15 is 0 Å². The van der Waals surface area contributed by atoms with Crippen molar-refractivity contribution >= 4 is 17.5 Å². The van der Waals surface area contributed by atoms with E-state index in [0.29, 0.717) is 11.4 Å². The molecule has 0 aromatic heterocycles. The Bertz CT molecular complexity index is 671. The van der Waals surface area contributed by atoms with Crippen molar-refractivity contribution in [1.29, 1.82) is 0 Å². The first-order valence-electron chi connectivity index (χ1n) is 7.43. The minimum Gasteiger partial charge on any atom is -0.335 e. The lowest BCUT2D eigenvalue weighted by Crippen LogP contribution is -2.32. The average molecular weight is 318 g/mol. The summed E-state index contributed by atoms with van der Waals surface area (Å²) in [5.41, 5.74) is 1.84. The first kappa shape index (κ1) is 15.0. The number of carbonyl (C=O) groups is 1. The second kappa shape index (κ2) is 6.49. The summed E-state index contributed by atoms with van der Waals surface area (Å²) in [4.78, 5) is 14.5. The van der Waals surface area contributed by atoms with Gasteiger partial charge in [-0.25, -0.2) is 4.39 Å². The topological polar surface area (TPSA) is 20.3 Å². The van der Waals surface area contributed by atoms with Crippen molar-refractivity contribution in [2.24, 2.45) is 0 Å². The third-order valence-corrected chi connectivity index (χ3v) is 4.45. The molecule has 1 aliphatic heterocycles. The van der Waals surface area contributed by atoms with Crippen molar-refractivity contribution in [3.63, 3.8) is 0 Å². The van der Waals surface area contributed by atoms with E-state index in [2.05, 4.69) is 0 Å². The van der Waals surface area contributed by atoms with Gasteiger partial charge in [-0.2, -0.15) is 0 Å². The van der Waals surface area contributed by atoms with Crippen LogP contribution in [0.15, 0.2) is 48.5 Å². The first-order valence-corrected chi connectivity index (χ1v) is 7.81. The summed E-state index contributed by atoms with van der Waals surface area (Å²) in [5, 5.41) is 0.703. The van der Waals surface area contributed by atoms with Crippen LogP contribution in [0, 0.1) is 5.82 Å². The van der Waals surface area contributed by atoms with Gasteiger partial charge in [0.2, 0.25) is 5.91 Å². The predicted octanol–water partition coefficient (Wildman–Crippen LogP) is 4.39. The molecule has 1 saturated heterocycles. The second-order valence-electron chi connectivity index (χ2n) is 5.57. The lowest BCUT2D eigenvalue weighted by molar-refractivity contribution is -0.131. The van der Waals surface area contributed by atoms with Crippen LogP contribution in [0.4, 0.5) is 4.39 Å². The highest BCUT2D eigenvalue weighted by Crippen LogP contribution is 2.35. The molecule has 2 aromatic carbocycles. The standard InChI is InChI=1S/C18H17ClFNO/c19-16-5-2-1-4-15(16)17-6-3-11-21(17)18(22)12-13-7-9-14(20)10-8-13/h1-2,4-5,7-10,17H,3,6,11-12H2/t17-/m1/s1. The van der Waals surface area contributed by atoms with E-state index in [-0.39, 0.29) is 17.8 Å². The molecule has 1 atom stereocenters. The zero-order chi connectivity index (χ0) is 15.5. The molecule has 0 unspecified atom stereocenters. The largest absolute Gasteiger partial charge is 0.335 e. The van der Waals surface area contributed by atoms with Crippen LogP contribution in [0.3, 0.4) is 0 Å². The molecule has 2 nitrogen and oxygen atoms in total. The third-order valence-electron chi connectivity index (χ3n) is 4.11. The Labute approximate surface area is 134 Å². The maximum Gasteiger partial charge on any atom is 0.227 e. The van der Waals surface area contributed by atoms with Crippen LogP contribution in [0.1, 0.15) is 30.0 Å². The number of nitrogens with zero attached hydrogens (tertiary/aromatic N) is 1. The van der Waals surface area contributed by atoms with E-state index in [1.807, 2.05) is 29.2 Å². The molecular formula is C18H17ClFNO. The number of rotatable bonds is 3. The number of carbonyl (C=O) groups excluding carboxylic acids is 1. The Hall–Kier alpha value is -1.87. The van der Waals surface area contributed by atoms with Gasteiger partial charge in [0.15, 0.2) is 0 Å². The molecule has 22 heavy (non-hydrogen) atoms. The highest BCUT2D eigenvalue weighted by Gasteiger charge is 2.30. The van der Waals surface area contributed by atoms with E-state index in [1.54, 1.807) is 12.1 Å². The van der Waals surface area contributed by atoms with Crippen LogP contribution in [-0.4, -0.2) is 17.4 Å². The van der Waals surface area contributed by atoms with Crippen LogP contribution < -0.4 is 0 Å². The van der Waals surface area contributed by atoms with Crippen LogP contribution in [0.2, 0.25) is 5.02 Å². The summed E-state index contributed by atoms with van der Waals surface area (Å²) in [6.45, 7) is 0.746. The van der Waals surface area contributed by atoms with Gasteiger partial charge in [0, 0.05) is 11.6 Å². The van der Waals surface area contributed by atoms with E-state index in [1.165, 1.54) is 12.1 Å². The number of hydrogen-bond acceptors (Lipinski definition) is 1. The first-order chi connectivity index (χ1) is 10.6. The number of amides is 1. The lowest BCUT2D eigenvalue weighted by Gasteiger charge is -2.26. The number of benzene rings is 2. The Kier molecular flexibility index (Phi) is 4.44. The van der Waals surface area contributed by atoms with Gasteiger partial charge in [0.05, 0.1) is 12.5 Å². The maximum atomic E-state index is 12.9. The summed E-state index contributed by atoms with van der Waals surface area (Å²) in [6, 6.07) is 13.8. The summed E-state index contributed by atoms with van der Waals surface area (Å²) in [7, 11) is 0. The fraction of sp³-hybridized carbons (Fsp3) is 0.278. The third kappa shape index (κ3) is 3.14. The average Bonchev–Trinajstić information content (AvgIpc) is 2.99. The van der Waals surface area contributed by atoms with Crippen LogP contribution >= 0.6 is 11.6 Å². The molecule has 0 bridgehead atoms. The minimum absolute atomic E-state index is 0.0432. The lowest BCUT2D eigenvalue weighted by atomic mass is 10.0. The molecule has 2 aromatic rings. The Balaban J connectivity index is 1.76. The van der Waals surface area contributed by atoms with Crippen LogP contribution in [0.5, 0.6) is 0 Å². The van der Waals surface area contributed by atoms with Crippen molar-refractivity contribution in [1.82, 2.24) is 4.90 Å².